The van der Waals surface area contributed by atoms with Gasteiger partial charge in [0.1, 0.15) is 17.1 Å². The van der Waals surface area contributed by atoms with Gasteiger partial charge in [0, 0.05) is 23.0 Å². The normalized spacial score (nSPS) is 10.6. The molecule has 0 aliphatic heterocycles. The molecule has 31 heavy (non-hydrogen) atoms. The van der Waals surface area contributed by atoms with Crippen molar-refractivity contribution in [2.24, 2.45) is 0 Å². The Balaban J connectivity index is 1.46. The molecule has 0 bridgehead atoms. The summed E-state index contributed by atoms with van der Waals surface area (Å²) in [6.07, 6.45) is 3.04. The van der Waals surface area contributed by atoms with Gasteiger partial charge in [0.15, 0.2) is 5.76 Å². The summed E-state index contributed by atoms with van der Waals surface area (Å²) in [6.45, 7) is 3.78. The Kier molecular flexibility index (Phi) is 5.61. The van der Waals surface area contributed by atoms with Crippen LogP contribution in [-0.2, 0) is 6.54 Å². The highest BCUT2D eigenvalue weighted by Crippen LogP contribution is 2.24. The van der Waals surface area contributed by atoms with Crippen LogP contribution >= 0.6 is 0 Å². The summed E-state index contributed by atoms with van der Waals surface area (Å²) >= 11 is 0. The summed E-state index contributed by atoms with van der Waals surface area (Å²) in [7, 11) is 0. The van der Waals surface area contributed by atoms with Crippen LogP contribution in [0.3, 0.4) is 0 Å². The summed E-state index contributed by atoms with van der Waals surface area (Å²) < 4.78 is 11.0. The van der Waals surface area contributed by atoms with Crippen LogP contribution in [0.1, 0.15) is 38.1 Å². The standard InChI is InChI=1S/C23H20N4O4/c1-14-9-11-30-20(14)22(29)25-13-19-15(2)31-23(27-19)16-6-5-7-17(12-16)26-21(28)18-8-3-4-10-24-18/h3-12H,13H2,1-2H3,(H,25,29)(H,26,28). The van der Waals surface area contributed by atoms with Gasteiger partial charge in [0.05, 0.1) is 12.8 Å². The molecule has 0 atom stereocenters. The summed E-state index contributed by atoms with van der Waals surface area (Å²) in [6, 6.07) is 14.0. The fourth-order valence-electron chi connectivity index (χ4n) is 2.99. The maximum atomic E-state index is 12.3. The van der Waals surface area contributed by atoms with E-state index in [1.54, 1.807) is 62.5 Å². The Morgan fingerprint density at radius 1 is 1.03 bits per heavy atom. The first kappa shape index (κ1) is 20.1. The van der Waals surface area contributed by atoms with E-state index >= 15 is 0 Å². The average molecular weight is 416 g/mol. The van der Waals surface area contributed by atoms with Crippen LogP contribution in [0, 0.1) is 13.8 Å². The van der Waals surface area contributed by atoms with E-state index in [0.29, 0.717) is 34.3 Å². The quantitative estimate of drug-likeness (QED) is 0.489. The van der Waals surface area contributed by atoms with Gasteiger partial charge in [-0.3, -0.25) is 14.6 Å². The summed E-state index contributed by atoms with van der Waals surface area (Å²) in [4.78, 5) is 33.1. The number of hydrogen-bond acceptors (Lipinski definition) is 6. The lowest BCUT2D eigenvalue weighted by molar-refractivity contribution is 0.0921. The molecule has 8 nitrogen and oxygen atoms in total. The lowest BCUT2D eigenvalue weighted by Crippen LogP contribution is -2.23. The van der Waals surface area contributed by atoms with Gasteiger partial charge in [-0.2, -0.15) is 0 Å². The van der Waals surface area contributed by atoms with Crippen molar-refractivity contribution in [1.29, 1.82) is 0 Å². The minimum Gasteiger partial charge on any atom is -0.459 e. The van der Waals surface area contributed by atoms with Gasteiger partial charge in [0.25, 0.3) is 11.8 Å². The number of furan rings is 1. The van der Waals surface area contributed by atoms with E-state index < -0.39 is 0 Å². The zero-order valence-electron chi connectivity index (χ0n) is 17.0. The zero-order chi connectivity index (χ0) is 21.8. The molecular formula is C23H20N4O4. The largest absolute Gasteiger partial charge is 0.459 e. The van der Waals surface area contributed by atoms with Crippen LogP contribution in [-0.4, -0.2) is 21.8 Å². The van der Waals surface area contributed by atoms with Crippen molar-refractivity contribution >= 4 is 17.5 Å². The van der Waals surface area contributed by atoms with E-state index in [9.17, 15) is 9.59 Å². The third-order valence-corrected chi connectivity index (χ3v) is 4.64. The number of rotatable bonds is 6. The van der Waals surface area contributed by atoms with Gasteiger partial charge in [0.2, 0.25) is 5.89 Å². The van der Waals surface area contributed by atoms with Gasteiger partial charge >= 0.3 is 0 Å². The van der Waals surface area contributed by atoms with Crippen molar-refractivity contribution < 1.29 is 18.4 Å². The summed E-state index contributed by atoms with van der Waals surface area (Å²) in [5.41, 5.74) is 2.98. The number of hydrogen-bond donors (Lipinski definition) is 2. The number of carbonyl (C=O) groups is 2. The third kappa shape index (κ3) is 4.53. The fraction of sp³-hybridized carbons (Fsp3) is 0.130. The van der Waals surface area contributed by atoms with E-state index in [1.165, 1.54) is 6.26 Å². The van der Waals surface area contributed by atoms with E-state index in [1.807, 2.05) is 6.07 Å². The van der Waals surface area contributed by atoms with Gasteiger partial charge in [-0.25, -0.2) is 4.98 Å². The van der Waals surface area contributed by atoms with Crippen molar-refractivity contribution in [2.45, 2.75) is 20.4 Å². The highest BCUT2D eigenvalue weighted by molar-refractivity contribution is 6.03. The molecular weight excluding hydrogens is 396 g/mol. The third-order valence-electron chi connectivity index (χ3n) is 4.64. The van der Waals surface area contributed by atoms with Crippen LogP contribution in [0.5, 0.6) is 0 Å². The molecule has 0 fully saturated rings. The van der Waals surface area contributed by atoms with Gasteiger partial charge in [-0.05, 0) is 50.2 Å². The lowest BCUT2D eigenvalue weighted by atomic mass is 10.2. The molecule has 156 valence electrons. The number of carbonyl (C=O) groups excluding carboxylic acids is 2. The highest BCUT2D eigenvalue weighted by Gasteiger charge is 2.16. The van der Waals surface area contributed by atoms with Crippen molar-refractivity contribution in [1.82, 2.24) is 15.3 Å². The molecule has 4 rings (SSSR count). The first-order valence-corrected chi connectivity index (χ1v) is 9.62. The van der Waals surface area contributed by atoms with Gasteiger partial charge in [-0.1, -0.05) is 12.1 Å². The molecule has 2 N–H and O–H groups in total. The van der Waals surface area contributed by atoms with E-state index in [-0.39, 0.29) is 24.1 Å². The Labute approximate surface area is 178 Å². The molecule has 0 spiro atoms. The predicted molar refractivity (Wildman–Crippen MR) is 113 cm³/mol. The second-order valence-corrected chi connectivity index (χ2v) is 6.89. The maximum Gasteiger partial charge on any atom is 0.287 e. The molecule has 1 aromatic carbocycles. The first-order chi connectivity index (χ1) is 15.0. The van der Waals surface area contributed by atoms with Crippen molar-refractivity contribution in [3.63, 3.8) is 0 Å². The first-order valence-electron chi connectivity index (χ1n) is 9.62. The molecule has 3 heterocycles. The van der Waals surface area contributed by atoms with Crippen LogP contribution in [0.4, 0.5) is 5.69 Å². The summed E-state index contributed by atoms with van der Waals surface area (Å²) in [5, 5.41) is 5.60. The van der Waals surface area contributed by atoms with Gasteiger partial charge in [-0.15, -0.1) is 0 Å². The minimum absolute atomic E-state index is 0.199. The van der Waals surface area contributed by atoms with Crippen molar-refractivity contribution in [3.8, 4) is 11.5 Å². The highest BCUT2D eigenvalue weighted by atomic mass is 16.4. The monoisotopic (exact) mass is 416 g/mol. The zero-order valence-corrected chi connectivity index (χ0v) is 17.0. The molecule has 0 radical (unpaired) electrons. The number of aryl methyl sites for hydroxylation is 2. The number of anilines is 1. The van der Waals surface area contributed by atoms with E-state index in [0.717, 1.165) is 5.56 Å². The second-order valence-electron chi connectivity index (χ2n) is 6.89. The number of nitrogens with one attached hydrogen (secondary N) is 2. The lowest BCUT2D eigenvalue weighted by Gasteiger charge is -2.05. The maximum absolute atomic E-state index is 12.3. The van der Waals surface area contributed by atoms with E-state index in [2.05, 4.69) is 20.6 Å². The smallest absolute Gasteiger partial charge is 0.287 e. The number of aromatic nitrogens is 2. The van der Waals surface area contributed by atoms with Gasteiger partial charge < -0.3 is 19.5 Å². The van der Waals surface area contributed by atoms with E-state index in [4.69, 9.17) is 8.83 Å². The molecule has 0 aliphatic rings. The average Bonchev–Trinajstić information content (AvgIpc) is 3.38. The second kappa shape index (κ2) is 8.66. The molecule has 0 aliphatic carbocycles. The van der Waals surface area contributed by atoms with Crippen LogP contribution in [0.2, 0.25) is 0 Å². The molecule has 0 saturated heterocycles. The number of oxazole rings is 1. The fourth-order valence-corrected chi connectivity index (χ4v) is 2.99. The Bertz CT molecular complexity index is 1230. The molecule has 8 heteroatoms. The molecule has 4 aromatic rings. The molecule has 0 unspecified atom stereocenters. The van der Waals surface area contributed by atoms with Crippen molar-refractivity contribution in [3.05, 3.63) is 89.5 Å². The summed E-state index contributed by atoms with van der Waals surface area (Å²) in [5.74, 6) is 0.639. The van der Waals surface area contributed by atoms with Crippen LogP contribution in [0.25, 0.3) is 11.5 Å². The number of nitrogens with zero attached hydrogens (tertiary/aromatic N) is 2. The van der Waals surface area contributed by atoms with Crippen LogP contribution < -0.4 is 10.6 Å². The SMILES string of the molecule is Cc1ccoc1C(=O)NCc1nc(-c2cccc(NC(=O)c3ccccn3)c2)oc1C. The molecule has 3 aromatic heterocycles. The topological polar surface area (TPSA) is 110 Å². The minimum atomic E-state index is -0.314. The predicted octanol–water partition coefficient (Wildman–Crippen LogP) is 4.13. The number of pyridine rings is 1. The molecule has 0 saturated carbocycles. The van der Waals surface area contributed by atoms with Crippen LogP contribution in [0.15, 0.2) is 69.8 Å². The number of amides is 2. The number of benzene rings is 1. The Morgan fingerprint density at radius 2 is 1.90 bits per heavy atom. The molecule has 2 amide bonds. The Hall–Kier alpha value is -4.20. The Morgan fingerprint density at radius 3 is 2.65 bits per heavy atom. The van der Waals surface area contributed by atoms with Crippen molar-refractivity contribution in [2.75, 3.05) is 5.32 Å².